The van der Waals surface area contributed by atoms with E-state index in [1.165, 1.54) is 17.0 Å². The van der Waals surface area contributed by atoms with E-state index in [0.29, 0.717) is 40.4 Å². The molecule has 4 aromatic rings. The van der Waals surface area contributed by atoms with Crippen molar-refractivity contribution in [2.24, 2.45) is 0 Å². The van der Waals surface area contributed by atoms with E-state index in [4.69, 9.17) is 10.5 Å². The average molecular weight is 631 g/mol. The molecule has 0 aliphatic carbocycles. The number of anilines is 2. The molecular weight excluding hydrogens is 600 g/mol. The van der Waals surface area contributed by atoms with E-state index in [-0.39, 0.29) is 29.8 Å². The van der Waals surface area contributed by atoms with Gasteiger partial charge in [0.2, 0.25) is 5.78 Å². The van der Waals surface area contributed by atoms with Crippen LogP contribution in [0.5, 0.6) is 0 Å². The second-order valence-electron chi connectivity index (χ2n) is 11.5. The molecule has 2 N–H and O–H groups in total. The monoisotopic (exact) mass is 630 g/mol. The first kappa shape index (κ1) is 30.6. The molecule has 43 heavy (non-hydrogen) atoms. The second-order valence-corrected chi connectivity index (χ2v) is 18.2. The highest BCUT2D eigenvalue weighted by molar-refractivity contribution is 7.17. The fourth-order valence-electron chi connectivity index (χ4n) is 4.71. The van der Waals surface area contributed by atoms with Gasteiger partial charge in [0.25, 0.3) is 5.91 Å². The lowest BCUT2D eigenvalue weighted by molar-refractivity contribution is -0.141. The highest BCUT2D eigenvalue weighted by atomic mass is 32.1. The van der Waals surface area contributed by atoms with Gasteiger partial charge in [0.1, 0.15) is 18.2 Å². The molecule has 0 atom stereocenters. The number of benzene rings is 2. The minimum Gasteiger partial charge on any atom is -0.399 e. The number of hydrogen-bond acceptors (Lipinski definition) is 6. The van der Waals surface area contributed by atoms with Crippen LogP contribution >= 0.6 is 11.3 Å². The van der Waals surface area contributed by atoms with Crippen molar-refractivity contribution in [3.63, 3.8) is 0 Å². The third-order valence-corrected chi connectivity index (χ3v) is 9.96. The number of nitrogen functional groups attached to an aromatic ring is 1. The molecule has 2 aromatic heterocycles. The predicted molar refractivity (Wildman–Crippen MR) is 161 cm³/mol. The van der Waals surface area contributed by atoms with Gasteiger partial charge in [0.05, 0.1) is 10.6 Å². The summed E-state index contributed by atoms with van der Waals surface area (Å²) in [5.41, 5.74) is 6.82. The largest absolute Gasteiger partial charge is 0.435 e. The number of carbonyl (C=O) groups is 2. The van der Waals surface area contributed by atoms with Crippen LogP contribution in [0.15, 0.2) is 54.6 Å². The van der Waals surface area contributed by atoms with Crippen LogP contribution in [0, 0.1) is 5.82 Å². The van der Waals surface area contributed by atoms with Gasteiger partial charge in [0.15, 0.2) is 5.69 Å². The molecule has 1 amide bonds. The lowest BCUT2D eigenvalue weighted by Crippen LogP contribution is -2.32. The number of ether oxygens (including phenoxy) is 1. The first-order valence-corrected chi connectivity index (χ1v) is 18.1. The van der Waals surface area contributed by atoms with Crippen molar-refractivity contribution in [2.45, 2.75) is 45.0 Å². The topological polar surface area (TPSA) is 90.5 Å². The third kappa shape index (κ3) is 6.73. The van der Waals surface area contributed by atoms with Crippen LogP contribution in [0.1, 0.15) is 37.0 Å². The molecule has 1 aliphatic rings. The van der Waals surface area contributed by atoms with Crippen molar-refractivity contribution >= 4 is 42.5 Å². The quantitative estimate of drug-likeness (QED) is 0.0738. The highest BCUT2D eigenvalue weighted by Crippen LogP contribution is 2.43. The number of rotatable bonds is 8. The van der Waals surface area contributed by atoms with Crippen LogP contribution < -0.4 is 10.6 Å². The highest BCUT2D eigenvalue weighted by Gasteiger charge is 2.37. The zero-order valence-corrected chi connectivity index (χ0v) is 25.6. The van der Waals surface area contributed by atoms with Gasteiger partial charge in [-0.2, -0.15) is 18.3 Å². The Labute approximate surface area is 250 Å². The van der Waals surface area contributed by atoms with Crippen LogP contribution in [-0.4, -0.2) is 42.7 Å². The van der Waals surface area contributed by atoms with E-state index in [0.717, 1.165) is 33.7 Å². The fourth-order valence-corrected chi connectivity index (χ4v) is 6.66. The second kappa shape index (κ2) is 11.7. The molecule has 13 heteroatoms. The molecule has 0 saturated heterocycles. The van der Waals surface area contributed by atoms with Crippen LogP contribution in [0.25, 0.3) is 10.4 Å². The number of carbonyl (C=O) groups excluding carboxylic acids is 2. The van der Waals surface area contributed by atoms with Gasteiger partial charge in [-0.05, 0) is 66.6 Å². The summed E-state index contributed by atoms with van der Waals surface area (Å²) in [6, 6.07) is 13.7. The molecule has 7 nitrogen and oxygen atoms in total. The van der Waals surface area contributed by atoms with Crippen LogP contribution in [0.3, 0.4) is 0 Å². The number of aromatic nitrogens is 2. The van der Waals surface area contributed by atoms with Gasteiger partial charge in [0, 0.05) is 49.0 Å². The zero-order valence-electron chi connectivity index (χ0n) is 23.8. The van der Waals surface area contributed by atoms with E-state index in [1.54, 1.807) is 36.4 Å². The molecule has 0 spiro atoms. The normalized spacial score (nSPS) is 13.4. The van der Waals surface area contributed by atoms with Gasteiger partial charge in [-0.25, -0.2) is 9.07 Å². The first-order chi connectivity index (χ1) is 20.2. The summed E-state index contributed by atoms with van der Waals surface area (Å²) >= 11 is 1.08. The summed E-state index contributed by atoms with van der Waals surface area (Å²) in [5, 5.41) is 3.64. The van der Waals surface area contributed by atoms with Crippen molar-refractivity contribution in [3.8, 4) is 10.4 Å². The molecule has 0 bridgehead atoms. The summed E-state index contributed by atoms with van der Waals surface area (Å²) in [7, 11) is -1.44. The Morgan fingerprint density at radius 2 is 1.79 bits per heavy atom. The van der Waals surface area contributed by atoms with Crippen molar-refractivity contribution in [2.75, 3.05) is 23.8 Å². The number of alkyl halides is 3. The summed E-state index contributed by atoms with van der Waals surface area (Å²) in [6.45, 7) is 6.70. The van der Waals surface area contributed by atoms with Crippen molar-refractivity contribution in [3.05, 3.63) is 87.8 Å². The van der Waals surface area contributed by atoms with Crippen LogP contribution in [0.2, 0.25) is 25.7 Å². The Kier molecular flexibility index (Phi) is 8.34. The SMILES string of the molecule is C[Si](C)(C)CCOCn1nc(C(F)(F)F)cc1C(=O)c1cc2c(s1)-c1ccc(F)cc1N(C(=O)c1ccc(N)cc1)CC2. The van der Waals surface area contributed by atoms with E-state index in [2.05, 4.69) is 24.7 Å². The standard InChI is InChI=1S/C30H30F4N4O3SSi/c1-43(2,3)13-12-41-17-38-24(16-26(36-38)30(32,33)34)27(39)25-14-19-10-11-37(29(40)18-4-7-21(35)8-5-18)23-15-20(31)6-9-22(23)28(19)42-25/h4-9,14-16H,10-13,17,35H2,1-3H3. The van der Waals surface area contributed by atoms with E-state index in [9.17, 15) is 27.2 Å². The average Bonchev–Trinajstić information content (AvgIpc) is 3.53. The summed E-state index contributed by atoms with van der Waals surface area (Å²) < 4.78 is 61.8. The fraction of sp³-hybridized carbons (Fsp3) is 0.300. The lowest BCUT2D eigenvalue weighted by atomic mass is 10.1. The maximum atomic E-state index is 14.5. The summed E-state index contributed by atoms with van der Waals surface area (Å²) in [4.78, 5) is 29.4. The smallest absolute Gasteiger partial charge is 0.399 e. The van der Waals surface area contributed by atoms with Crippen molar-refractivity contribution in [1.29, 1.82) is 0 Å². The minimum absolute atomic E-state index is 0.193. The van der Waals surface area contributed by atoms with E-state index in [1.807, 2.05) is 0 Å². The molecule has 1 aliphatic heterocycles. The molecule has 2 aromatic carbocycles. The number of halogens is 4. The molecule has 0 radical (unpaired) electrons. The molecule has 0 unspecified atom stereocenters. The maximum Gasteiger partial charge on any atom is 0.435 e. The Balaban J connectivity index is 1.48. The third-order valence-electron chi connectivity index (χ3n) is 7.05. The van der Waals surface area contributed by atoms with E-state index >= 15 is 0 Å². The summed E-state index contributed by atoms with van der Waals surface area (Å²) in [5.74, 6) is -1.51. The lowest BCUT2D eigenvalue weighted by Gasteiger charge is -2.23. The Hall–Kier alpha value is -3.81. The van der Waals surface area contributed by atoms with Gasteiger partial charge >= 0.3 is 6.18 Å². The van der Waals surface area contributed by atoms with Gasteiger partial charge in [-0.1, -0.05) is 19.6 Å². The predicted octanol–water partition coefficient (Wildman–Crippen LogP) is 7.10. The van der Waals surface area contributed by atoms with Crippen molar-refractivity contribution < 1.29 is 31.9 Å². The first-order valence-electron chi connectivity index (χ1n) is 13.6. The van der Waals surface area contributed by atoms with Crippen LogP contribution in [0.4, 0.5) is 28.9 Å². The molecule has 5 rings (SSSR count). The molecular formula is C30H30F4N4O3SSi. The van der Waals surface area contributed by atoms with Crippen molar-refractivity contribution in [1.82, 2.24) is 9.78 Å². The Bertz CT molecular complexity index is 1680. The van der Waals surface area contributed by atoms with Gasteiger partial charge < -0.3 is 15.4 Å². The number of thiophene rings is 1. The van der Waals surface area contributed by atoms with Crippen LogP contribution in [-0.2, 0) is 24.1 Å². The summed E-state index contributed by atoms with van der Waals surface area (Å²) in [6.07, 6.45) is -4.41. The number of amides is 1. The molecule has 0 fully saturated rings. The number of ketones is 1. The molecule has 0 saturated carbocycles. The molecule has 3 heterocycles. The Morgan fingerprint density at radius 3 is 2.47 bits per heavy atom. The number of nitrogens with zero attached hydrogens (tertiary/aromatic N) is 3. The van der Waals surface area contributed by atoms with Gasteiger partial charge in [-0.3, -0.25) is 9.59 Å². The number of hydrogen-bond donors (Lipinski definition) is 1. The number of fused-ring (bicyclic) bond motifs is 3. The minimum atomic E-state index is -4.74. The number of nitrogens with two attached hydrogens (primary N) is 1. The molecule has 226 valence electrons. The maximum absolute atomic E-state index is 14.5. The Morgan fingerprint density at radius 1 is 1.07 bits per heavy atom. The zero-order chi connectivity index (χ0) is 31.1. The van der Waals surface area contributed by atoms with E-state index < -0.39 is 31.5 Å². The van der Waals surface area contributed by atoms with Gasteiger partial charge in [-0.15, -0.1) is 11.3 Å².